The van der Waals surface area contributed by atoms with Crippen molar-refractivity contribution in [3.63, 3.8) is 0 Å². The van der Waals surface area contributed by atoms with Gasteiger partial charge in [0.15, 0.2) is 5.82 Å². The molecule has 2 saturated heterocycles. The smallest absolute Gasteiger partial charge is 0.223 e. The molecule has 0 saturated carbocycles. The Morgan fingerprint density at radius 3 is 2.53 bits per heavy atom. The van der Waals surface area contributed by atoms with E-state index in [4.69, 9.17) is 47.4 Å². The molecule has 1 aromatic carbocycles. The molecule has 0 aliphatic carbocycles. The highest BCUT2D eigenvalue weighted by Crippen LogP contribution is 2.46. The minimum absolute atomic E-state index is 0.195. The molecule has 5 rings (SSSR count). The second-order valence-corrected chi connectivity index (χ2v) is 9.89. The van der Waals surface area contributed by atoms with E-state index in [1.165, 1.54) is 6.42 Å². The number of anilines is 2. The van der Waals surface area contributed by atoms with Gasteiger partial charge in [0, 0.05) is 42.4 Å². The van der Waals surface area contributed by atoms with E-state index in [2.05, 4.69) is 27.6 Å². The number of benzene rings is 1. The SMILES string of the molecule is COc1cc(OC)c(Cl)c(-c2cc3cnc(NC4CCOC4)nc3c(NCC3CCCN3C)n2)c1Cl. The van der Waals surface area contributed by atoms with Gasteiger partial charge in [0.2, 0.25) is 5.95 Å². The Morgan fingerprint density at radius 2 is 1.89 bits per heavy atom. The molecule has 2 aliphatic heterocycles. The van der Waals surface area contributed by atoms with Crippen LogP contribution < -0.4 is 20.1 Å². The summed E-state index contributed by atoms with van der Waals surface area (Å²) in [5.74, 6) is 2.09. The zero-order chi connectivity index (χ0) is 25.2. The minimum Gasteiger partial charge on any atom is -0.495 e. The van der Waals surface area contributed by atoms with Crippen LogP contribution in [-0.4, -0.2) is 79.5 Å². The predicted octanol–water partition coefficient (Wildman–Crippen LogP) is 4.72. The second kappa shape index (κ2) is 10.8. The van der Waals surface area contributed by atoms with Crippen molar-refractivity contribution in [1.29, 1.82) is 0 Å². The summed E-state index contributed by atoms with van der Waals surface area (Å²) in [4.78, 5) is 16.7. The van der Waals surface area contributed by atoms with Gasteiger partial charge in [-0.3, -0.25) is 0 Å². The van der Waals surface area contributed by atoms with Gasteiger partial charge in [-0.2, -0.15) is 0 Å². The topological polar surface area (TPSA) is 93.7 Å². The Kier molecular flexibility index (Phi) is 7.52. The quantitative estimate of drug-likeness (QED) is 0.427. The number of ether oxygens (including phenoxy) is 3. The van der Waals surface area contributed by atoms with Gasteiger partial charge in [-0.1, -0.05) is 23.2 Å². The maximum Gasteiger partial charge on any atom is 0.223 e. The third-order valence-electron chi connectivity index (χ3n) is 6.84. The van der Waals surface area contributed by atoms with Crippen molar-refractivity contribution < 1.29 is 14.2 Å². The molecule has 2 fully saturated rings. The van der Waals surface area contributed by atoms with E-state index in [0.29, 0.717) is 57.2 Å². The molecular weight excluding hydrogens is 503 g/mol. The molecule has 36 heavy (non-hydrogen) atoms. The van der Waals surface area contributed by atoms with E-state index in [1.807, 2.05) is 6.07 Å². The zero-order valence-electron chi connectivity index (χ0n) is 20.6. The van der Waals surface area contributed by atoms with Crippen LogP contribution in [0.25, 0.3) is 22.2 Å². The van der Waals surface area contributed by atoms with Crippen molar-refractivity contribution in [2.75, 3.05) is 58.2 Å². The highest BCUT2D eigenvalue weighted by molar-refractivity contribution is 6.41. The number of pyridine rings is 1. The van der Waals surface area contributed by atoms with Crippen LogP contribution >= 0.6 is 23.2 Å². The Labute approximate surface area is 220 Å². The zero-order valence-corrected chi connectivity index (χ0v) is 22.1. The molecule has 2 atom stereocenters. The normalized spacial score (nSPS) is 20.1. The molecule has 9 nitrogen and oxygen atoms in total. The Bertz CT molecular complexity index is 1230. The Morgan fingerprint density at radius 1 is 1.11 bits per heavy atom. The van der Waals surface area contributed by atoms with Gasteiger partial charge >= 0.3 is 0 Å². The molecule has 0 spiro atoms. The number of fused-ring (bicyclic) bond motifs is 1. The number of likely N-dealkylation sites (N-methyl/N-ethyl adjacent to an activating group) is 1. The Balaban J connectivity index is 1.59. The van der Waals surface area contributed by atoms with E-state index in [9.17, 15) is 0 Å². The number of aromatic nitrogens is 3. The molecule has 0 amide bonds. The maximum atomic E-state index is 6.72. The highest BCUT2D eigenvalue weighted by Gasteiger charge is 2.24. The fraction of sp³-hybridized carbons (Fsp3) is 0.480. The van der Waals surface area contributed by atoms with Gasteiger partial charge in [0.1, 0.15) is 17.0 Å². The van der Waals surface area contributed by atoms with Crippen LogP contribution in [0.15, 0.2) is 18.3 Å². The van der Waals surface area contributed by atoms with Crippen molar-refractivity contribution in [2.45, 2.75) is 31.3 Å². The molecule has 2 N–H and O–H groups in total. The average molecular weight is 533 g/mol. The van der Waals surface area contributed by atoms with Crippen LogP contribution in [0.2, 0.25) is 10.0 Å². The van der Waals surface area contributed by atoms with Crippen LogP contribution in [0.5, 0.6) is 11.5 Å². The van der Waals surface area contributed by atoms with Crippen LogP contribution in [0.4, 0.5) is 11.8 Å². The maximum absolute atomic E-state index is 6.72. The number of nitrogens with one attached hydrogen (secondary N) is 2. The molecule has 11 heteroatoms. The summed E-state index contributed by atoms with van der Waals surface area (Å²) in [7, 11) is 5.25. The number of rotatable bonds is 8. The van der Waals surface area contributed by atoms with Gasteiger partial charge in [-0.15, -0.1) is 0 Å². The number of hydrogen-bond acceptors (Lipinski definition) is 9. The molecule has 3 aromatic rings. The third kappa shape index (κ3) is 4.98. The largest absolute Gasteiger partial charge is 0.495 e. The monoisotopic (exact) mass is 532 g/mol. The van der Waals surface area contributed by atoms with E-state index in [1.54, 1.807) is 26.5 Å². The van der Waals surface area contributed by atoms with Crippen LogP contribution in [0.3, 0.4) is 0 Å². The van der Waals surface area contributed by atoms with Crippen LogP contribution in [0, 0.1) is 0 Å². The number of nitrogens with zero attached hydrogens (tertiary/aromatic N) is 4. The van der Waals surface area contributed by atoms with Gasteiger partial charge in [-0.05, 0) is 38.9 Å². The van der Waals surface area contributed by atoms with Gasteiger partial charge < -0.3 is 29.7 Å². The fourth-order valence-corrected chi connectivity index (χ4v) is 5.45. The first-order chi connectivity index (χ1) is 17.5. The van der Waals surface area contributed by atoms with Gasteiger partial charge in [-0.25, -0.2) is 15.0 Å². The first-order valence-electron chi connectivity index (χ1n) is 12.0. The third-order valence-corrected chi connectivity index (χ3v) is 7.59. The lowest BCUT2D eigenvalue weighted by Gasteiger charge is -2.21. The van der Waals surface area contributed by atoms with Crippen LogP contribution in [0.1, 0.15) is 19.3 Å². The molecule has 2 aromatic heterocycles. The van der Waals surface area contributed by atoms with E-state index in [0.717, 1.165) is 43.4 Å². The first kappa shape index (κ1) is 25.1. The highest BCUT2D eigenvalue weighted by atomic mass is 35.5. The number of likely N-dealkylation sites (tertiary alicyclic amines) is 1. The van der Waals surface area contributed by atoms with E-state index in [-0.39, 0.29) is 6.04 Å². The molecule has 4 heterocycles. The van der Waals surface area contributed by atoms with Crippen molar-refractivity contribution in [1.82, 2.24) is 19.9 Å². The van der Waals surface area contributed by atoms with Gasteiger partial charge in [0.05, 0.1) is 42.6 Å². The summed E-state index contributed by atoms with van der Waals surface area (Å²) < 4.78 is 16.4. The van der Waals surface area contributed by atoms with Crippen molar-refractivity contribution in [3.8, 4) is 22.8 Å². The first-order valence-corrected chi connectivity index (χ1v) is 12.8. The predicted molar refractivity (Wildman–Crippen MR) is 143 cm³/mol. The summed E-state index contributed by atoms with van der Waals surface area (Å²) in [5.41, 5.74) is 1.83. The Hall–Kier alpha value is -2.59. The summed E-state index contributed by atoms with van der Waals surface area (Å²) >= 11 is 13.4. The number of halogens is 2. The molecule has 0 bridgehead atoms. The van der Waals surface area contributed by atoms with Crippen molar-refractivity contribution in [2.24, 2.45) is 0 Å². The average Bonchev–Trinajstić information content (AvgIpc) is 3.54. The lowest BCUT2D eigenvalue weighted by molar-refractivity contribution is 0.195. The molecule has 0 radical (unpaired) electrons. The number of hydrogen-bond donors (Lipinski definition) is 2. The molecule has 2 unspecified atom stereocenters. The molecule has 192 valence electrons. The van der Waals surface area contributed by atoms with Gasteiger partial charge in [0.25, 0.3) is 0 Å². The minimum atomic E-state index is 0.195. The summed E-state index contributed by atoms with van der Waals surface area (Å²) in [6.45, 7) is 3.22. The summed E-state index contributed by atoms with van der Waals surface area (Å²) in [6.07, 6.45) is 5.03. The van der Waals surface area contributed by atoms with Crippen molar-refractivity contribution >= 4 is 45.9 Å². The standard InChI is InChI=1S/C25H30Cl2N6O3/c1-33-7-4-5-16(33)12-28-24-23-14(11-29-25(32-23)30-15-6-8-36-13-15)9-17(31-24)20-21(26)18(34-2)10-19(35-3)22(20)27/h9-11,15-16H,4-8,12-13H2,1-3H3,(H,28,31)(H,29,30,32). The van der Waals surface area contributed by atoms with E-state index >= 15 is 0 Å². The summed E-state index contributed by atoms with van der Waals surface area (Å²) in [5, 5.41) is 8.44. The van der Waals surface area contributed by atoms with Crippen molar-refractivity contribution in [3.05, 3.63) is 28.4 Å². The number of methoxy groups -OCH3 is 2. The molecule has 2 aliphatic rings. The lowest BCUT2D eigenvalue weighted by atomic mass is 10.1. The second-order valence-electron chi connectivity index (χ2n) is 9.13. The van der Waals surface area contributed by atoms with E-state index < -0.39 is 0 Å². The molecular formula is C25H30Cl2N6O3. The van der Waals surface area contributed by atoms with Crippen LogP contribution in [-0.2, 0) is 4.74 Å². The summed E-state index contributed by atoms with van der Waals surface area (Å²) in [6, 6.07) is 4.17. The lowest BCUT2D eigenvalue weighted by Crippen LogP contribution is -2.31. The fourth-order valence-electron chi connectivity index (χ4n) is 4.75.